The number of nitrogens with zero attached hydrogens (tertiary/aromatic N) is 1. The monoisotopic (exact) mass is 356 g/mol. The van der Waals surface area contributed by atoms with E-state index in [1.54, 1.807) is 12.1 Å². The molecule has 0 fully saturated rings. The molecule has 0 bridgehead atoms. The SMILES string of the molecule is CCNc1ccc(/C(F)=C/c2c(Cl)c(O)cc(OC)c2Cl)cn1. The molecule has 122 valence electrons. The zero-order valence-corrected chi connectivity index (χ0v) is 14.0. The van der Waals surface area contributed by atoms with E-state index in [0.717, 1.165) is 12.6 Å². The summed E-state index contributed by atoms with van der Waals surface area (Å²) in [5.41, 5.74) is 0.402. The molecule has 0 aliphatic carbocycles. The number of aromatic hydroxyl groups is 1. The second-order valence-electron chi connectivity index (χ2n) is 4.59. The minimum Gasteiger partial charge on any atom is -0.506 e. The van der Waals surface area contributed by atoms with E-state index < -0.39 is 5.83 Å². The largest absolute Gasteiger partial charge is 0.506 e. The molecule has 4 nitrogen and oxygen atoms in total. The quantitative estimate of drug-likeness (QED) is 0.791. The van der Waals surface area contributed by atoms with Crippen LogP contribution in [0.4, 0.5) is 10.2 Å². The third kappa shape index (κ3) is 3.86. The van der Waals surface area contributed by atoms with Crippen LogP contribution >= 0.6 is 23.2 Å². The Morgan fingerprint density at radius 1 is 1.39 bits per heavy atom. The molecule has 7 heteroatoms. The molecule has 1 heterocycles. The van der Waals surface area contributed by atoms with Crippen LogP contribution in [0.25, 0.3) is 11.9 Å². The van der Waals surface area contributed by atoms with Crippen LogP contribution in [0.3, 0.4) is 0 Å². The highest BCUT2D eigenvalue weighted by atomic mass is 35.5. The Morgan fingerprint density at radius 2 is 2.13 bits per heavy atom. The summed E-state index contributed by atoms with van der Waals surface area (Å²) in [6.07, 6.45) is 2.53. The fourth-order valence-electron chi connectivity index (χ4n) is 1.92. The van der Waals surface area contributed by atoms with Gasteiger partial charge in [0.25, 0.3) is 0 Å². The van der Waals surface area contributed by atoms with E-state index in [1.807, 2.05) is 6.92 Å². The lowest BCUT2D eigenvalue weighted by Gasteiger charge is -2.10. The molecule has 0 radical (unpaired) electrons. The number of halogens is 3. The first-order valence-corrected chi connectivity index (χ1v) is 7.56. The van der Waals surface area contributed by atoms with Crippen LogP contribution < -0.4 is 10.1 Å². The molecule has 0 unspecified atom stereocenters. The molecular formula is C16H15Cl2FN2O2. The third-order valence-corrected chi connectivity index (χ3v) is 3.86. The zero-order chi connectivity index (χ0) is 17.0. The van der Waals surface area contributed by atoms with Crippen molar-refractivity contribution in [1.29, 1.82) is 0 Å². The number of pyridine rings is 1. The van der Waals surface area contributed by atoms with Gasteiger partial charge in [-0.15, -0.1) is 0 Å². The predicted molar refractivity (Wildman–Crippen MR) is 92.1 cm³/mol. The molecule has 1 aromatic carbocycles. The molecule has 2 N–H and O–H groups in total. The van der Waals surface area contributed by atoms with Gasteiger partial charge in [0.05, 0.1) is 17.2 Å². The first-order valence-electron chi connectivity index (χ1n) is 6.80. The highest BCUT2D eigenvalue weighted by molar-refractivity contribution is 6.39. The molecule has 0 saturated carbocycles. The number of ether oxygens (including phenoxy) is 1. The molecule has 0 amide bonds. The maximum atomic E-state index is 14.4. The van der Waals surface area contributed by atoms with Crippen LogP contribution in [0.5, 0.6) is 11.5 Å². The van der Waals surface area contributed by atoms with Gasteiger partial charge in [-0.3, -0.25) is 0 Å². The summed E-state index contributed by atoms with van der Waals surface area (Å²) in [7, 11) is 1.39. The number of anilines is 1. The molecular weight excluding hydrogens is 342 g/mol. The average Bonchev–Trinajstić information content (AvgIpc) is 2.55. The predicted octanol–water partition coefficient (Wildman–Crippen LogP) is 5.00. The van der Waals surface area contributed by atoms with Gasteiger partial charge in [0, 0.05) is 29.9 Å². The summed E-state index contributed by atoms with van der Waals surface area (Å²) in [6, 6.07) is 4.52. The van der Waals surface area contributed by atoms with Gasteiger partial charge in [-0.25, -0.2) is 9.37 Å². The van der Waals surface area contributed by atoms with Crippen molar-refractivity contribution >= 4 is 40.9 Å². The Hall–Kier alpha value is -1.98. The summed E-state index contributed by atoms with van der Waals surface area (Å²) in [5.74, 6) is 0.0250. The fourth-order valence-corrected chi connectivity index (χ4v) is 2.46. The molecule has 0 saturated heterocycles. The maximum Gasteiger partial charge on any atom is 0.141 e. The highest BCUT2D eigenvalue weighted by Crippen LogP contribution is 2.41. The van der Waals surface area contributed by atoms with Crippen LogP contribution in [0.2, 0.25) is 10.0 Å². The fraction of sp³-hybridized carbons (Fsp3) is 0.188. The molecule has 2 rings (SSSR count). The van der Waals surface area contributed by atoms with Crippen molar-refractivity contribution in [1.82, 2.24) is 4.98 Å². The Bertz CT molecular complexity index is 734. The molecule has 23 heavy (non-hydrogen) atoms. The number of phenolic OH excluding ortho intramolecular Hbond substituents is 1. The van der Waals surface area contributed by atoms with E-state index >= 15 is 0 Å². The second-order valence-corrected chi connectivity index (χ2v) is 5.35. The first kappa shape index (κ1) is 17.4. The van der Waals surface area contributed by atoms with E-state index in [2.05, 4.69) is 10.3 Å². The summed E-state index contributed by atoms with van der Waals surface area (Å²) in [4.78, 5) is 4.10. The Labute approximate surface area is 143 Å². The van der Waals surface area contributed by atoms with Crippen molar-refractivity contribution in [2.45, 2.75) is 6.92 Å². The number of rotatable bonds is 5. The van der Waals surface area contributed by atoms with Gasteiger partial charge in [0.15, 0.2) is 0 Å². The van der Waals surface area contributed by atoms with Crippen LogP contribution in [0.1, 0.15) is 18.1 Å². The number of benzene rings is 1. The maximum absolute atomic E-state index is 14.4. The smallest absolute Gasteiger partial charge is 0.141 e. The van der Waals surface area contributed by atoms with Crippen molar-refractivity contribution in [3.05, 3.63) is 45.6 Å². The standard InChI is InChI=1S/C16H15Cl2FN2O2/c1-3-20-14-5-4-9(8-21-14)11(19)6-10-15(17)12(22)7-13(23-2)16(10)18/h4-8,22H,3H2,1-2H3,(H,20,21)/b11-6-. The number of nitrogens with one attached hydrogen (secondary N) is 1. The van der Waals surface area contributed by atoms with Crippen LogP contribution in [0, 0.1) is 0 Å². The second kappa shape index (κ2) is 7.53. The Morgan fingerprint density at radius 3 is 2.70 bits per heavy atom. The molecule has 0 spiro atoms. The summed E-state index contributed by atoms with van der Waals surface area (Å²) >= 11 is 12.1. The summed E-state index contributed by atoms with van der Waals surface area (Å²) in [5, 5.41) is 12.9. The van der Waals surface area contributed by atoms with Gasteiger partial charge < -0.3 is 15.2 Å². The molecule has 0 aliphatic rings. The van der Waals surface area contributed by atoms with Gasteiger partial charge in [-0.05, 0) is 25.1 Å². The van der Waals surface area contributed by atoms with E-state index in [0.29, 0.717) is 5.82 Å². The molecule has 2 aromatic rings. The number of hydrogen-bond donors (Lipinski definition) is 2. The third-order valence-electron chi connectivity index (χ3n) is 3.07. The van der Waals surface area contributed by atoms with E-state index in [1.165, 1.54) is 19.4 Å². The lowest BCUT2D eigenvalue weighted by atomic mass is 10.1. The lowest BCUT2D eigenvalue weighted by Crippen LogP contribution is -1.98. The minimum atomic E-state index is -0.586. The molecule has 0 atom stereocenters. The van der Waals surface area contributed by atoms with Crippen molar-refractivity contribution < 1.29 is 14.2 Å². The van der Waals surface area contributed by atoms with E-state index in [-0.39, 0.29) is 32.7 Å². The van der Waals surface area contributed by atoms with Crippen molar-refractivity contribution in [2.24, 2.45) is 0 Å². The topological polar surface area (TPSA) is 54.4 Å². The van der Waals surface area contributed by atoms with Gasteiger partial charge in [-0.2, -0.15) is 0 Å². The lowest BCUT2D eigenvalue weighted by molar-refractivity contribution is 0.408. The summed E-state index contributed by atoms with van der Waals surface area (Å²) < 4.78 is 19.5. The van der Waals surface area contributed by atoms with Crippen molar-refractivity contribution in [3.8, 4) is 11.5 Å². The summed E-state index contributed by atoms with van der Waals surface area (Å²) in [6.45, 7) is 2.66. The van der Waals surface area contributed by atoms with Gasteiger partial charge in [0.2, 0.25) is 0 Å². The van der Waals surface area contributed by atoms with Crippen LogP contribution in [-0.2, 0) is 0 Å². The molecule has 0 aliphatic heterocycles. The zero-order valence-electron chi connectivity index (χ0n) is 12.5. The van der Waals surface area contributed by atoms with Crippen molar-refractivity contribution in [3.63, 3.8) is 0 Å². The Kier molecular flexibility index (Phi) is 5.69. The van der Waals surface area contributed by atoms with Crippen molar-refractivity contribution in [2.75, 3.05) is 19.0 Å². The van der Waals surface area contributed by atoms with Crippen LogP contribution in [0.15, 0.2) is 24.4 Å². The number of phenols is 1. The number of hydrogen-bond acceptors (Lipinski definition) is 4. The van der Waals surface area contributed by atoms with Gasteiger partial charge >= 0.3 is 0 Å². The van der Waals surface area contributed by atoms with Crippen LogP contribution in [-0.4, -0.2) is 23.7 Å². The number of methoxy groups -OCH3 is 1. The normalized spacial score (nSPS) is 11.4. The van der Waals surface area contributed by atoms with E-state index in [9.17, 15) is 9.50 Å². The first-order chi connectivity index (χ1) is 11.0. The van der Waals surface area contributed by atoms with Gasteiger partial charge in [0.1, 0.15) is 23.1 Å². The average molecular weight is 357 g/mol. The Balaban J connectivity index is 2.43. The van der Waals surface area contributed by atoms with E-state index in [4.69, 9.17) is 27.9 Å². The minimum absolute atomic E-state index is 0.0526. The highest BCUT2D eigenvalue weighted by Gasteiger charge is 2.16. The van der Waals surface area contributed by atoms with Gasteiger partial charge in [-0.1, -0.05) is 23.2 Å². The number of aromatic nitrogens is 1. The molecule has 1 aromatic heterocycles.